The Hall–Kier alpha value is -1.06. The van der Waals surface area contributed by atoms with E-state index in [9.17, 15) is 5.11 Å². The summed E-state index contributed by atoms with van der Waals surface area (Å²) in [6.07, 6.45) is -0.453. The van der Waals surface area contributed by atoms with Gasteiger partial charge in [-0.25, -0.2) is 0 Å². The summed E-state index contributed by atoms with van der Waals surface area (Å²) in [5, 5.41) is 12.6. The van der Waals surface area contributed by atoms with Crippen LogP contribution in [0.4, 0.5) is 0 Å². The van der Waals surface area contributed by atoms with E-state index < -0.39 is 6.10 Å². The monoisotopic (exact) mass is 209 g/mol. The average Bonchev–Trinajstić information content (AvgIpc) is 2.23. The van der Waals surface area contributed by atoms with E-state index in [1.165, 1.54) is 0 Å². The number of aryl methyl sites for hydroxylation is 1. The predicted molar refractivity (Wildman–Crippen MR) is 61.2 cm³/mol. The SMILES string of the molecule is CCNCC(O)COc1cccc(C)c1. The van der Waals surface area contributed by atoms with Crippen LogP contribution in [0.2, 0.25) is 0 Å². The lowest BCUT2D eigenvalue weighted by Crippen LogP contribution is -2.31. The molecule has 0 aliphatic carbocycles. The Morgan fingerprint density at radius 1 is 1.47 bits per heavy atom. The van der Waals surface area contributed by atoms with Gasteiger partial charge in [-0.3, -0.25) is 0 Å². The van der Waals surface area contributed by atoms with E-state index in [1.54, 1.807) is 0 Å². The minimum absolute atomic E-state index is 0.330. The Morgan fingerprint density at radius 3 is 2.93 bits per heavy atom. The van der Waals surface area contributed by atoms with Crippen molar-refractivity contribution in [1.29, 1.82) is 0 Å². The lowest BCUT2D eigenvalue weighted by atomic mass is 10.2. The van der Waals surface area contributed by atoms with Gasteiger partial charge in [-0.15, -0.1) is 0 Å². The number of hydrogen-bond donors (Lipinski definition) is 2. The third-order valence-corrected chi connectivity index (χ3v) is 2.06. The van der Waals surface area contributed by atoms with Crippen molar-refractivity contribution in [1.82, 2.24) is 5.32 Å². The lowest BCUT2D eigenvalue weighted by Gasteiger charge is -2.12. The molecule has 0 aliphatic rings. The number of nitrogens with one attached hydrogen (secondary N) is 1. The van der Waals surface area contributed by atoms with Gasteiger partial charge in [0.2, 0.25) is 0 Å². The van der Waals surface area contributed by atoms with Crippen LogP contribution < -0.4 is 10.1 Å². The molecule has 0 saturated heterocycles. The van der Waals surface area contributed by atoms with Gasteiger partial charge < -0.3 is 15.2 Å². The van der Waals surface area contributed by atoms with E-state index in [1.807, 2.05) is 38.1 Å². The van der Waals surface area contributed by atoms with Gasteiger partial charge in [0.15, 0.2) is 0 Å². The van der Waals surface area contributed by atoms with Crippen molar-refractivity contribution >= 4 is 0 Å². The molecule has 0 aliphatic heterocycles. The second-order valence-electron chi connectivity index (χ2n) is 3.59. The molecule has 3 heteroatoms. The standard InChI is InChI=1S/C12H19NO2/c1-3-13-8-11(14)9-15-12-6-4-5-10(2)7-12/h4-7,11,13-14H,3,8-9H2,1-2H3. The highest BCUT2D eigenvalue weighted by atomic mass is 16.5. The molecule has 1 aromatic carbocycles. The van der Waals surface area contributed by atoms with Gasteiger partial charge in [-0.05, 0) is 31.2 Å². The first-order valence-corrected chi connectivity index (χ1v) is 5.30. The Balaban J connectivity index is 2.30. The van der Waals surface area contributed by atoms with Crippen LogP contribution in [0.15, 0.2) is 24.3 Å². The average molecular weight is 209 g/mol. The molecule has 0 heterocycles. The van der Waals surface area contributed by atoms with Crippen LogP contribution in [-0.2, 0) is 0 Å². The number of hydrogen-bond acceptors (Lipinski definition) is 3. The molecule has 15 heavy (non-hydrogen) atoms. The summed E-state index contributed by atoms with van der Waals surface area (Å²) in [7, 11) is 0. The molecule has 0 radical (unpaired) electrons. The van der Waals surface area contributed by atoms with Crippen LogP contribution in [0.25, 0.3) is 0 Å². The van der Waals surface area contributed by atoms with Gasteiger partial charge in [-0.2, -0.15) is 0 Å². The Morgan fingerprint density at radius 2 is 2.27 bits per heavy atom. The van der Waals surface area contributed by atoms with E-state index in [0.29, 0.717) is 13.2 Å². The molecule has 0 aromatic heterocycles. The van der Waals surface area contributed by atoms with Crippen LogP contribution >= 0.6 is 0 Å². The van der Waals surface area contributed by atoms with E-state index in [0.717, 1.165) is 17.9 Å². The first-order valence-electron chi connectivity index (χ1n) is 5.30. The quantitative estimate of drug-likeness (QED) is 0.743. The zero-order valence-corrected chi connectivity index (χ0v) is 9.36. The molecule has 84 valence electrons. The molecular formula is C12H19NO2. The molecule has 0 bridgehead atoms. The minimum atomic E-state index is -0.453. The maximum Gasteiger partial charge on any atom is 0.119 e. The van der Waals surface area contributed by atoms with E-state index in [-0.39, 0.29) is 0 Å². The summed E-state index contributed by atoms with van der Waals surface area (Å²) in [6.45, 7) is 5.79. The van der Waals surface area contributed by atoms with Crippen LogP contribution in [0, 0.1) is 6.92 Å². The molecule has 0 saturated carbocycles. The minimum Gasteiger partial charge on any atom is -0.491 e. The first kappa shape index (κ1) is 12.0. The largest absolute Gasteiger partial charge is 0.491 e. The number of aliphatic hydroxyl groups excluding tert-OH is 1. The first-order chi connectivity index (χ1) is 7.22. The third kappa shape index (κ3) is 4.81. The van der Waals surface area contributed by atoms with Crippen LogP contribution in [0.3, 0.4) is 0 Å². The lowest BCUT2D eigenvalue weighted by molar-refractivity contribution is 0.107. The summed E-state index contributed by atoms with van der Waals surface area (Å²) in [5.74, 6) is 0.811. The Bertz CT molecular complexity index is 289. The molecule has 1 unspecified atom stereocenters. The number of likely N-dealkylation sites (N-methyl/N-ethyl adjacent to an activating group) is 1. The molecule has 1 aromatic rings. The van der Waals surface area contributed by atoms with E-state index in [2.05, 4.69) is 5.32 Å². The van der Waals surface area contributed by atoms with E-state index in [4.69, 9.17) is 4.74 Å². The molecule has 0 amide bonds. The third-order valence-electron chi connectivity index (χ3n) is 2.06. The van der Waals surface area contributed by atoms with Crippen molar-refractivity contribution in [3.05, 3.63) is 29.8 Å². The Kier molecular flexibility index (Phi) is 5.15. The second kappa shape index (κ2) is 6.43. The highest BCUT2D eigenvalue weighted by Crippen LogP contribution is 2.12. The number of rotatable bonds is 6. The second-order valence-corrected chi connectivity index (χ2v) is 3.59. The van der Waals surface area contributed by atoms with Gasteiger partial charge in [0, 0.05) is 6.54 Å². The summed E-state index contributed by atoms with van der Waals surface area (Å²) >= 11 is 0. The fourth-order valence-corrected chi connectivity index (χ4v) is 1.27. The smallest absolute Gasteiger partial charge is 0.119 e. The normalized spacial score (nSPS) is 12.5. The van der Waals surface area contributed by atoms with Crippen LogP contribution in [0.5, 0.6) is 5.75 Å². The van der Waals surface area contributed by atoms with Crippen molar-refractivity contribution in [2.24, 2.45) is 0 Å². The summed E-state index contributed by atoms with van der Waals surface area (Å²) < 4.78 is 5.46. The fraction of sp³-hybridized carbons (Fsp3) is 0.500. The highest BCUT2D eigenvalue weighted by molar-refractivity contribution is 5.27. The summed E-state index contributed by atoms with van der Waals surface area (Å²) in [6, 6.07) is 7.82. The molecule has 3 nitrogen and oxygen atoms in total. The predicted octanol–water partition coefficient (Wildman–Crippen LogP) is 1.34. The van der Waals surface area contributed by atoms with Gasteiger partial charge in [-0.1, -0.05) is 19.1 Å². The van der Waals surface area contributed by atoms with Gasteiger partial charge in [0.1, 0.15) is 18.5 Å². The fourth-order valence-electron chi connectivity index (χ4n) is 1.27. The molecule has 1 atom stereocenters. The maximum absolute atomic E-state index is 9.52. The zero-order chi connectivity index (χ0) is 11.1. The van der Waals surface area contributed by atoms with Crippen LogP contribution in [-0.4, -0.2) is 30.9 Å². The van der Waals surface area contributed by atoms with E-state index >= 15 is 0 Å². The van der Waals surface area contributed by atoms with Crippen molar-refractivity contribution < 1.29 is 9.84 Å². The van der Waals surface area contributed by atoms with Crippen molar-refractivity contribution in [3.63, 3.8) is 0 Å². The molecule has 1 rings (SSSR count). The number of ether oxygens (including phenoxy) is 1. The zero-order valence-electron chi connectivity index (χ0n) is 9.36. The van der Waals surface area contributed by atoms with Crippen molar-refractivity contribution in [2.75, 3.05) is 19.7 Å². The number of aliphatic hydroxyl groups is 1. The summed E-state index contributed by atoms with van der Waals surface area (Å²) in [5.41, 5.74) is 1.16. The van der Waals surface area contributed by atoms with Gasteiger partial charge in [0.25, 0.3) is 0 Å². The highest BCUT2D eigenvalue weighted by Gasteiger charge is 2.03. The maximum atomic E-state index is 9.52. The van der Waals surface area contributed by atoms with Crippen molar-refractivity contribution in [2.45, 2.75) is 20.0 Å². The topological polar surface area (TPSA) is 41.5 Å². The molecule has 0 fully saturated rings. The van der Waals surface area contributed by atoms with Crippen LogP contribution in [0.1, 0.15) is 12.5 Å². The molecular weight excluding hydrogens is 190 g/mol. The summed E-state index contributed by atoms with van der Waals surface area (Å²) in [4.78, 5) is 0. The van der Waals surface area contributed by atoms with Gasteiger partial charge in [0.05, 0.1) is 0 Å². The molecule has 0 spiro atoms. The Labute approximate surface area is 91.1 Å². The van der Waals surface area contributed by atoms with Crippen molar-refractivity contribution in [3.8, 4) is 5.75 Å². The van der Waals surface area contributed by atoms with Gasteiger partial charge >= 0.3 is 0 Å². The number of benzene rings is 1. The molecule has 2 N–H and O–H groups in total.